The summed E-state index contributed by atoms with van der Waals surface area (Å²) in [6.45, 7) is 4.71. The number of benzene rings is 1. The van der Waals surface area contributed by atoms with Crippen LogP contribution in [0.3, 0.4) is 0 Å². The van der Waals surface area contributed by atoms with Gasteiger partial charge in [0.05, 0.1) is 24.9 Å². The molecule has 1 saturated heterocycles. The molecule has 0 amide bonds. The molecule has 0 spiro atoms. The largest absolute Gasteiger partial charge is 0.389 e. The van der Waals surface area contributed by atoms with Crippen LogP contribution in [0, 0.1) is 0 Å². The van der Waals surface area contributed by atoms with Crippen LogP contribution in [0.4, 0.5) is 0 Å². The van der Waals surface area contributed by atoms with E-state index in [2.05, 4.69) is 5.32 Å². The van der Waals surface area contributed by atoms with Crippen molar-refractivity contribution >= 4 is 0 Å². The molecule has 0 saturated carbocycles. The van der Waals surface area contributed by atoms with Crippen LogP contribution < -0.4 is 5.32 Å². The average molecular weight is 293 g/mol. The van der Waals surface area contributed by atoms with Gasteiger partial charge in [-0.05, 0) is 38.3 Å². The first-order chi connectivity index (χ1) is 10.3. The number of nitrogens with one attached hydrogen (secondary N) is 1. The van der Waals surface area contributed by atoms with Crippen molar-refractivity contribution in [1.82, 2.24) is 5.32 Å². The Kier molecular flexibility index (Phi) is 7.16. The molecule has 1 aromatic carbocycles. The zero-order chi connectivity index (χ0) is 14.9. The maximum atomic E-state index is 9.92. The van der Waals surface area contributed by atoms with Gasteiger partial charge in [0.25, 0.3) is 0 Å². The van der Waals surface area contributed by atoms with E-state index in [1.807, 2.05) is 37.3 Å². The van der Waals surface area contributed by atoms with Crippen molar-refractivity contribution in [2.24, 2.45) is 0 Å². The summed E-state index contributed by atoms with van der Waals surface area (Å²) in [5, 5.41) is 13.2. The van der Waals surface area contributed by atoms with Crippen molar-refractivity contribution in [3.8, 4) is 0 Å². The van der Waals surface area contributed by atoms with Crippen molar-refractivity contribution in [2.75, 3.05) is 26.3 Å². The van der Waals surface area contributed by atoms with Crippen molar-refractivity contribution in [2.45, 2.75) is 44.5 Å². The van der Waals surface area contributed by atoms with Crippen molar-refractivity contribution in [3.63, 3.8) is 0 Å². The SMILES string of the molecule is CC(OCC(O)CNCCC1CCCO1)c1ccccc1. The van der Waals surface area contributed by atoms with E-state index < -0.39 is 6.10 Å². The summed E-state index contributed by atoms with van der Waals surface area (Å²) in [5.74, 6) is 0. The van der Waals surface area contributed by atoms with Gasteiger partial charge in [0.15, 0.2) is 0 Å². The van der Waals surface area contributed by atoms with Crippen LogP contribution >= 0.6 is 0 Å². The van der Waals surface area contributed by atoms with Crippen LogP contribution in [0.2, 0.25) is 0 Å². The number of aliphatic hydroxyl groups is 1. The predicted octanol–water partition coefficient (Wildman–Crippen LogP) is 2.28. The summed E-state index contributed by atoms with van der Waals surface area (Å²) < 4.78 is 11.3. The molecule has 3 atom stereocenters. The molecule has 118 valence electrons. The van der Waals surface area contributed by atoms with Crippen LogP contribution in [0.25, 0.3) is 0 Å². The highest BCUT2D eigenvalue weighted by Crippen LogP contribution is 2.16. The third-order valence-electron chi connectivity index (χ3n) is 3.85. The minimum absolute atomic E-state index is 0.00717. The lowest BCUT2D eigenvalue weighted by Crippen LogP contribution is -2.32. The topological polar surface area (TPSA) is 50.7 Å². The molecule has 21 heavy (non-hydrogen) atoms. The Hall–Kier alpha value is -0.940. The highest BCUT2D eigenvalue weighted by atomic mass is 16.5. The minimum atomic E-state index is -0.472. The molecular formula is C17H27NO3. The Labute approximate surface area is 127 Å². The standard InChI is InChI=1S/C17H27NO3/c1-14(15-6-3-2-4-7-15)21-13-16(19)12-18-10-9-17-8-5-11-20-17/h2-4,6-7,14,16-19H,5,8-13H2,1H3. The number of ether oxygens (including phenoxy) is 2. The van der Waals surface area contributed by atoms with E-state index in [0.717, 1.165) is 25.1 Å². The van der Waals surface area contributed by atoms with Gasteiger partial charge in [0.2, 0.25) is 0 Å². The molecule has 1 heterocycles. The van der Waals surface area contributed by atoms with Gasteiger partial charge in [0, 0.05) is 13.2 Å². The number of rotatable bonds is 9. The van der Waals surface area contributed by atoms with E-state index in [1.54, 1.807) is 0 Å². The lowest BCUT2D eigenvalue weighted by atomic mass is 10.1. The molecular weight excluding hydrogens is 266 g/mol. The molecule has 0 aliphatic carbocycles. The quantitative estimate of drug-likeness (QED) is 0.686. The van der Waals surface area contributed by atoms with Gasteiger partial charge in [-0.3, -0.25) is 0 Å². The van der Waals surface area contributed by atoms with Crippen molar-refractivity contribution < 1.29 is 14.6 Å². The number of aliphatic hydroxyl groups excluding tert-OH is 1. The molecule has 0 radical (unpaired) electrons. The second kappa shape index (κ2) is 9.15. The van der Waals surface area contributed by atoms with E-state index in [1.165, 1.54) is 12.8 Å². The van der Waals surface area contributed by atoms with Crippen LogP contribution in [0.15, 0.2) is 30.3 Å². The second-order valence-corrected chi connectivity index (χ2v) is 5.67. The predicted molar refractivity (Wildman–Crippen MR) is 83.3 cm³/mol. The molecule has 4 heteroatoms. The van der Waals surface area contributed by atoms with Gasteiger partial charge >= 0.3 is 0 Å². The highest BCUT2D eigenvalue weighted by Gasteiger charge is 2.15. The maximum Gasteiger partial charge on any atom is 0.0897 e. The lowest BCUT2D eigenvalue weighted by Gasteiger charge is -2.17. The first-order valence-electron chi connectivity index (χ1n) is 7.92. The zero-order valence-electron chi connectivity index (χ0n) is 12.8. The molecule has 4 nitrogen and oxygen atoms in total. The summed E-state index contributed by atoms with van der Waals surface area (Å²) in [6.07, 6.45) is 3.31. The van der Waals surface area contributed by atoms with E-state index in [4.69, 9.17) is 9.47 Å². The lowest BCUT2D eigenvalue weighted by molar-refractivity contribution is -0.00230. The fraction of sp³-hybridized carbons (Fsp3) is 0.647. The molecule has 1 aliphatic rings. The van der Waals surface area contributed by atoms with Crippen LogP contribution in [-0.4, -0.2) is 43.6 Å². The molecule has 3 unspecified atom stereocenters. The van der Waals surface area contributed by atoms with Crippen LogP contribution in [0.1, 0.15) is 37.9 Å². The molecule has 1 aromatic rings. The first kappa shape index (κ1) is 16.4. The van der Waals surface area contributed by atoms with Crippen molar-refractivity contribution in [1.29, 1.82) is 0 Å². The third kappa shape index (κ3) is 6.14. The van der Waals surface area contributed by atoms with E-state index in [9.17, 15) is 5.11 Å². The van der Waals surface area contributed by atoms with Gasteiger partial charge in [-0.25, -0.2) is 0 Å². The summed E-state index contributed by atoms with van der Waals surface area (Å²) in [6, 6.07) is 10.1. The molecule has 2 rings (SSSR count). The van der Waals surface area contributed by atoms with Gasteiger partial charge < -0.3 is 19.9 Å². The second-order valence-electron chi connectivity index (χ2n) is 5.67. The minimum Gasteiger partial charge on any atom is -0.389 e. The van der Waals surface area contributed by atoms with E-state index in [-0.39, 0.29) is 6.10 Å². The Balaban J connectivity index is 1.53. The summed E-state index contributed by atoms with van der Waals surface area (Å²) in [5.41, 5.74) is 1.14. The molecule has 1 aliphatic heterocycles. The number of hydrogen-bond acceptors (Lipinski definition) is 4. The van der Waals surface area contributed by atoms with Crippen LogP contribution in [0.5, 0.6) is 0 Å². The van der Waals surface area contributed by atoms with Gasteiger partial charge in [-0.2, -0.15) is 0 Å². The average Bonchev–Trinajstić information content (AvgIpc) is 3.03. The third-order valence-corrected chi connectivity index (χ3v) is 3.85. The Bertz CT molecular complexity index is 379. The van der Waals surface area contributed by atoms with E-state index in [0.29, 0.717) is 19.3 Å². The normalized spacial score (nSPS) is 21.3. The Morgan fingerprint density at radius 1 is 1.38 bits per heavy atom. The van der Waals surface area contributed by atoms with Crippen LogP contribution in [-0.2, 0) is 9.47 Å². The summed E-state index contributed by atoms with van der Waals surface area (Å²) in [7, 11) is 0. The first-order valence-corrected chi connectivity index (χ1v) is 7.92. The van der Waals surface area contributed by atoms with Gasteiger partial charge in [0.1, 0.15) is 0 Å². The molecule has 2 N–H and O–H groups in total. The fourth-order valence-corrected chi connectivity index (χ4v) is 2.54. The Morgan fingerprint density at radius 3 is 2.90 bits per heavy atom. The monoisotopic (exact) mass is 293 g/mol. The summed E-state index contributed by atoms with van der Waals surface area (Å²) >= 11 is 0. The number of hydrogen-bond donors (Lipinski definition) is 2. The molecule has 0 aromatic heterocycles. The van der Waals surface area contributed by atoms with Gasteiger partial charge in [-0.15, -0.1) is 0 Å². The molecule has 0 bridgehead atoms. The van der Waals surface area contributed by atoms with Crippen molar-refractivity contribution in [3.05, 3.63) is 35.9 Å². The highest BCUT2D eigenvalue weighted by molar-refractivity contribution is 5.16. The smallest absolute Gasteiger partial charge is 0.0897 e. The Morgan fingerprint density at radius 2 is 2.19 bits per heavy atom. The fourth-order valence-electron chi connectivity index (χ4n) is 2.54. The maximum absolute atomic E-state index is 9.92. The molecule has 1 fully saturated rings. The summed E-state index contributed by atoms with van der Waals surface area (Å²) in [4.78, 5) is 0. The van der Waals surface area contributed by atoms with E-state index >= 15 is 0 Å². The zero-order valence-corrected chi connectivity index (χ0v) is 12.8. The van der Waals surface area contributed by atoms with Gasteiger partial charge in [-0.1, -0.05) is 30.3 Å².